The van der Waals surface area contributed by atoms with Gasteiger partial charge in [0.2, 0.25) is 0 Å². The van der Waals surface area contributed by atoms with Crippen molar-refractivity contribution in [1.29, 1.82) is 0 Å². The van der Waals surface area contributed by atoms with E-state index < -0.39 is 23.8 Å². The number of amides is 2. The van der Waals surface area contributed by atoms with E-state index in [1.54, 1.807) is 27.0 Å². The van der Waals surface area contributed by atoms with Gasteiger partial charge in [-0.3, -0.25) is 10.1 Å². The van der Waals surface area contributed by atoms with E-state index in [0.717, 1.165) is 22.3 Å². The van der Waals surface area contributed by atoms with Gasteiger partial charge < -0.3 is 19.5 Å². The molecule has 3 aromatic rings. The summed E-state index contributed by atoms with van der Waals surface area (Å²) in [5.74, 6) is -1.01. The molecule has 1 aromatic heterocycles. The van der Waals surface area contributed by atoms with Gasteiger partial charge in [0.05, 0.1) is 6.54 Å². The fraction of sp³-hybridized carbons (Fsp3) is 0.357. The summed E-state index contributed by atoms with van der Waals surface area (Å²) in [5.41, 5.74) is 3.85. The zero-order valence-corrected chi connectivity index (χ0v) is 22.4. The van der Waals surface area contributed by atoms with Gasteiger partial charge in [-0.2, -0.15) is 0 Å². The van der Waals surface area contributed by atoms with Crippen molar-refractivity contribution in [3.05, 3.63) is 70.7 Å². The molecule has 4 rings (SSSR count). The standard InChI is InChI=1S/C28H31N3O6S/c1-28(2,3)37-26(34)30-25-29-15-18(38-25)16-31(14-8-13-24(32)33)27(35)36-17-23-21-11-6-4-9-19(21)20-10-5-7-12-22(20)23/h4-7,9-12,15,23H,8,13-14,16-17H2,1-3H3,(H,32,33)(H,29,30,34). The van der Waals surface area contributed by atoms with Crippen LogP contribution < -0.4 is 5.32 Å². The molecule has 0 saturated carbocycles. The van der Waals surface area contributed by atoms with Crippen LogP contribution in [0.2, 0.25) is 0 Å². The van der Waals surface area contributed by atoms with Gasteiger partial charge in [0.15, 0.2) is 5.13 Å². The van der Waals surface area contributed by atoms with Crippen LogP contribution in [0.3, 0.4) is 0 Å². The Hall–Kier alpha value is -3.92. The van der Waals surface area contributed by atoms with Crippen LogP contribution in [0.4, 0.5) is 14.7 Å². The number of fused-ring (bicyclic) bond motifs is 3. The number of hydrogen-bond acceptors (Lipinski definition) is 7. The zero-order valence-electron chi connectivity index (χ0n) is 21.6. The van der Waals surface area contributed by atoms with Gasteiger partial charge in [0.25, 0.3) is 0 Å². The zero-order chi connectivity index (χ0) is 27.3. The van der Waals surface area contributed by atoms with Crippen molar-refractivity contribution >= 4 is 34.6 Å². The third-order valence-electron chi connectivity index (χ3n) is 5.92. The number of carboxylic acids is 1. The number of aromatic nitrogens is 1. The summed E-state index contributed by atoms with van der Waals surface area (Å²) < 4.78 is 11.0. The number of anilines is 1. The summed E-state index contributed by atoms with van der Waals surface area (Å²) in [7, 11) is 0. The monoisotopic (exact) mass is 537 g/mol. The van der Waals surface area contributed by atoms with Crippen LogP contribution in [0.25, 0.3) is 11.1 Å². The first kappa shape index (κ1) is 27.1. The molecule has 2 N–H and O–H groups in total. The highest BCUT2D eigenvalue weighted by Gasteiger charge is 2.30. The van der Waals surface area contributed by atoms with Gasteiger partial charge in [0, 0.05) is 30.0 Å². The lowest BCUT2D eigenvalue weighted by atomic mass is 9.98. The first-order valence-corrected chi connectivity index (χ1v) is 13.2. The van der Waals surface area contributed by atoms with Crippen molar-refractivity contribution in [3.8, 4) is 11.1 Å². The molecule has 9 nitrogen and oxygen atoms in total. The van der Waals surface area contributed by atoms with E-state index in [2.05, 4.69) is 34.6 Å². The smallest absolute Gasteiger partial charge is 0.413 e. The summed E-state index contributed by atoms with van der Waals surface area (Å²) >= 11 is 1.21. The molecule has 200 valence electrons. The Labute approximate surface area is 225 Å². The van der Waals surface area contributed by atoms with Crippen LogP contribution in [0.15, 0.2) is 54.7 Å². The average Bonchev–Trinajstić information content (AvgIpc) is 3.42. The number of rotatable bonds is 9. The number of carbonyl (C=O) groups excluding carboxylic acids is 2. The van der Waals surface area contributed by atoms with Crippen molar-refractivity contribution in [1.82, 2.24) is 9.88 Å². The minimum absolute atomic E-state index is 0.0682. The van der Waals surface area contributed by atoms with Crippen LogP contribution in [-0.4, -0.2) is 51.9 Å². The maximum absolute atomic E-state index is 13.2. The minimum atomic E-state index is -0.931. The molecule has 0 fully saturated rings. The van der Waals surface area contributed by atoms with Crippen molar-refractivity contribution in [3.63, 3.8) is 0 Å². The predicted octanol–water partition coefficient (Wildman–Crippen LogP) is 6.11. The first-order chi connectivity index (χ1) is 18.1. The SMILES string of the molecule is CC(C)(C)OC(=O)Nc1ncc(CN(CCCC(=O)O)C(=O)OCC2c3ccccc3-c3ccccc32)s1. The third kappa shape index (κ3) is 6.89. The quantitative estimate of drug-likeness (QED) is 0.338. The number of ether oxygens (including phenoxy) is 2. The van der Waals surface area contributed by atoms with Gasteiger partial charge in [-0.05, 0) is 49.4 Å². The van der Waals surface area contributed by atoms with Crippen LogP contribution >= 0.6 is 11.3 Å². The lowest BCUT2D eigenvalue weighted by Crippen LogP contribution is -2.33. The average molecular weight is 538 g/mol. The predicted molar refractivity (Wildman–Crippen MR) is 144 cm³/mol. The van der Waals surface area contributed by atoms with Gasteiger partial charge in [-0.25, -0.2) is 14.6 Å². The van der Waals surface area contributed by atoms with E-state index in [1.165, 1.54) is 16.2 Å². The fourth-order valence-corrected chi connectivity index (χ4v) is 5.17. The maximum atomic E-state index is 13.2. The second-order valence-electron chi connectivity index (χ2n) is 9.98. The third-order valence-corrected chi connectivity index (χ3v) is 6.82. The topological polar surface area (TPSA) is 118 Å². The Balaban J connectivity index is 1.43. The molecule has 0 aliphatic heterocycles. The largest absolute Gasteiger partial charge is 0.481 e. The summed E-state index contributed by atoms with van der Waals surface area (Å²) in [4.78, 5) is 42.7. The lowest BCUT2D eigenvalue weighted by Gasteiger charge is -2.23. The molecule has 0 saturated heterocycles. The summed E-state index contributed by atoms with van der Waals surface area (Å²) in [6, 6.07) is 16.2. The van der Waals surface area contributed by atoms with Crippen molar-refractivity contribution < 1.29 is 29.0 Å². The van der Waals surface area contributed by atoms with E-state index in [1.807, 2.05) is 24.3 Å². The van der Waals surface area contributed by atoms with E-state index >= 15 is 0 Å². The molecule has 2 amide bonds. The van der Waals surface area contributed by atoms with Crippen LogP contribution in [-0.2, 0) is 20.8 Å². The van der Waals surface area contributed by atoms with E-state index in [4.69, 9.17) is 14.6 Å². The number of nitrogens with one attached hydrogen (secondary N) is 1. The van der Waals surface area contributed by atoms with Crippen molar-refractivity contribution in [2.75, 3.05) is 18.5 Å². The molecule has 38 heavy (non-hydrogen) atoms. The Morgan fingerprint density at radius 2 is 1.68 bits per heavy atom. The molecule has 0 bridgehead atoms. The second kappa shape index (κ2) is 11.6. The molecular weight excluding hydrogens is 506 g/mol. The number of carboxylic acid groups (broad SMARTS) is 1. The Kier molecular flexibility index (Phi) is 8.31. The molecular formula is C28H31N3O6S. The summed E-state index contributed by atoms with van der Waals surface area (Å²) in [6.45, 7) is 5.84. The number of carbonyl (C=O) groups is 3. The normalized spacial score (nSPS) is 12.4. The molecule has 0 unspecified atom stereocenters. The van der Waals surface area contributed by atoms with Crippen LogP contribution in [0.5, 0.6) is 0 Å². The number of benzene rings is 2. The molecule has 2 aromatic carbocycles. The molecule has 1 aliphatic rings. The number of nitrogens with zero attached hydrogens (tertiary/aromatic N) is 2. The minimum Gasteiger partial charge on any atom is -0.481 e. The Morgan fingerprint density at radius 3 is 2.29 bits per heavy atom. The maximum Gasteiger partial charge on any atom is 0.413 e. The molecule has 1 heterocycles. The van der Waals surface area contributed by atoms with Crippen LogP contribution in [0, 0.1) is 0 Å². The molecule has 0 atom stereocenters. The summed E-state index contributed by atoms with van der Waals surface area (Å²) in [6.07, 6.45) is 0.626. The Morgan fingerprint density at radius 1 is 1.05 bits per heavy atom. The van der Waals surface area contributed by atoms with Gasteiger partial charge >= 0.3 is 18.2 Å². The van der Waals surface area contributed by atoms with E-state index in [9.17, 15) is 14.4 Å². The first-order valence-electron chi connectivity index (χ1n) is 12.4. The van der Waals surface area contributed by atoms with Gasteiger partial charge in [-0.1, -0.05) is 59.9 Å². The van der Waals surface area contributed by atoms with Gasteiger partial charge in [0.1, 0.15) is 12.2 Å². The summed E-state index contributed by atoms with van der Waals surface area (Å²) in [5, 5.41) is 12.0. The highest BCUT2D eigenvalue weighted by molar-refractivity contribution is 7.15. The highest BCUT2D eigenvalue weighted by atomic mass is 32.1. The van der Waals surface area contributed by atoms with E-state index in [-0.39, 0.29) is 38.5 Å². The van der Waals surface area contributed by atoms with Gasteiger partial charge in [-0.15, -0.1) is 0 Å². The lowest BCUT2D eigenvalue weighted by molar-refractivity contribution is -0.137. The number of thiazole rings is 1. The number of hydrogen-bond donors (Lipinski definition) is 2. The fourth-order valence-electron chi connectivity index (χ4n) is 4.36. The van der Waals surface area contributed by atoms with Crippen molar-refractivity contribution in [2.24, 2.45) is 0 Å². The van der Waals surface area contributed by atoms with Crippen molar-refractivity contribution in [2.45, 2.75) is 51.7 Å². The highest BCUT2D eigenvalue weighted by Crippen LogP contribution is 2.44. The molecule has 0 radical (unpaired) electrons. The molecule has 0 spiro atoms. The number of aliphatic carboxylic acids is 1. The van der Waals surface area contributed by atoms with E-state index in [0.29, 0.717) is 10.0 Å². The molecule has 10 heteroatoms. The van der Waals surface area contributed by atoms with Crippen LogP contribution in [0.1, 0.15) is 55.5 Å². The molecule has 1 aliphatic carbocycles. The Bertz CT molecular complexity index is 1270. The second-order valence-corrected chi connectivity index (χ2v) is 11.1.